The van der Waals surface area contributed by atoms with Gasteiger partial charge in [0.25, 0.3) is 0 Å². The van der Waals surface area contributed by atoms with E-state index in [4.69, 9.17) is 0 Å². The van der Waals surface area contributed by atoms with Crippen molar-refractivity contribution in [3.05, 3.63) is 65.2 Å². The van der Waals surface area contributed by atoms with Crippen molar-refractivity contribution in [3.63, 3.8) is 0 Å². The SMILES string of the molecule is CSCC[C@@H](NS(=O)(=O)c1ccc(C)cc1C)C(=O)NCc1ccccc1. The highest BCUT2D eigenvalue weighted by atomic mass is 32.2. The fourth-order valence-corrected chi connectivity index (χ4v) is 4.67. The minimum Gasteiger partial charge on any atom is -0.351 e. The van der Waals surface area contributed by atoms with Crippen LogP contribution in [0.5, 0.6) is 0 Å². The van der Waals surface area contributed by atoms with Crippen molar-refractivity contribution in [1.82, 2.24) is 10.0 Å². The number of sulfonamides is 1. The van der Waals surface area contributed by atoms with Gasteiger partial charge in [0, 0.05) is 6.54 Å². The van der Waals surface area contributed by atoms with Gasteiger partial charge < -0.3 is 5.32 Å². The monoisotopic (exact) mass is 406 g/mol. The first-order chi connectivity index (χ1) is 12.8. The minimum atomic E-state index is -3.79. The van der Waals surface area contributed by atoms with Crippen LogP contribution >= 0.6 is 11.8 Å². The molecule has 2 aromatic rings. The zero-order valence-electron chi connectivity index (χ0n) is 15.9. The second kappa shape index (κ2) is 9.92. The van der Waals surface area contributed by atoms with Crippen LogP contribution in [-0.2, 0) is 21.4 Å². The second-order valence-corrected chi connectivity index (χ2v) is 9.10. The summed E-state index contributed by atoms with van der Waals surface area (Å²) in [6.07, 6.45) is 2.35. The highest BCUT2D eigenvalue weighted by molar-refractivity contribution is 7.98. The number of hydrogen-bond acceptors (Lipinski definition) is 4. The number of hydrogen-bond donors (Lipinski definition) is 2. The van der Waals surface area contributed by atoms with Crippen LogP contribution in [0.1, 0.15) is 23.1 Å². The Labute approximate surface area is 166 Å². The van der Waals surface area contributed by atoms with Gasteiger partial charge in [-0.15, -0.1) is 0 Å². The van der Waals surface area contributed by atoms with E-state index in [-0.39, 0.29) is 10.8 Å². The van der Waals surface area contributed by atoms with Crippen molar-refractivity contribution in [3.8, 4) is 0 Å². The van der Waals surface area contributed by atoms with E-state index < -0.39 is 16.1 Å². The van der Waals surface area contributed by atoms with Crippen molar-refractivity contribution in [1.29, 1.82) is 0 Å². The van der Waals surface area contributed by atoms with Gasteiger partial charge in [0.1, 0.15) is 6.04 Å². The van der Waals surface area contributed by atoms with Crippen LogP contribution in [0, 0.1) is 13.8 Å². The molecule has 0 saturated heterocycles. The number of carbonyl (C=O) groups excluding carboxylic acids is 1. The van der Waals surface area contributed by atoms with Crippen LogP contribution in [0.25, 0.3) is 0 Å². The topological polar surface area (TPSA) is 75.3 Å². The quantitative estimate of drug-likeness (QED) is 0.671. The smallest absolute Gasteiger partial charge is 0.241 e. The molecule has 0 aliphatic carbocycles. The fraction of sp³-hybridized carbons (Fsp3) is 0.350. The van der Waals surface area contributed by atoms with E-state index in [9.17, 15) is 13.2 Å². The Balaban J connectivity index is 2.13. The summed E-state index contributed by atoms with van der Waals surface area (Å²) in [5, 5.41) is 2.83. The first-order valence-electron chi connectivity index (χ1n) is 8.73. The highest BCUT2D eigenvalue weighted by Gasteiger charge is 2.26. The number of carbonyl (C=O) groups is 1. The van der Waals surface area contributed by atoms with E-state index in [2.05, 4.69) is 10.0 Å². The summed E-state index contributed by atoms with van der Waals surface area (Å²) < 4.78 is 28.2. The van der Waals surface area contributed by atoms with E-state index in [1.54, 1.807) is 30.8 Å². The Bertz CT molecular complexity index is 868. The third-order valence-electron chi connectivity index (χ3n) is 4.15. The van der Waals surface area contributed by atoms with Crippen LogP contribution in [0.4, 0.5) is 0 Å². The Morgan fingerprint density at radius 1 is 1.11 bits per heavy atom. The number of amides is 1. The van der Waals surface area contributed by atoms with E-state index in [1.807, 2.05) is 49.6 Å². The lowest BCUT2D eigenvalue weighted by molar-refractivity contribution is -0.122. The number of benzene rings is 2. The molecule has 0 aliphatic rings. The Hall–Kier alpha value is -1.83. The summed E-state index contributed by atoms with van der Waals surface area (Å²) in [4.78, 5) is 12.8. The maximum atomic E-state index is 12.8. The highest BCUT2D eigenvalue weighted by Crippen LogP contribution is 2.17. The molecule has 27 heavy (non-hydrogen) atoms. The van der Waals surface area contributed by atoms with E-state index in [1.165, 1.54) is 0 Å². The van der Waals surface area contributed by atoms with Gasteiger partial charge in [-0.1, -0.05) is 48.0 Å². The molecule has 0 fully saturated rings. The third kappa shape index (κ3) is 6.37. The average Bonchev–Trinajstić information content (AvgIpc) is 2.63. The van der Waals surface area contributed by atoms with Crippen molar-refractivity contribution in [2.75, 3.05) is 12.0 Å². The lowest BCUT2D eigenvalue weighted by Gasteiger charge is -2.19. The lowest BCUT2D eigenvalue weighted by atomic mass is 10.2. The molecule has 0 radical (unpaired) electrons. The number of nitrogens with one attached hydrogen (secondary N) is 2. The predicted octanol–water partition coefficient (Wildman–Crippen LogP) is 3.02. The maximum absolute atomic E-state index is 12.8. The van der Waals surface area contributed by atoms with Gasteiger partial charge in [-0.2, -0.15) is 16.5 Å². The van der Waals surface area contributed by atoms with E-state index >= 15 is 0 Å². The molecule has 5 nitrogen and oxygen atoms in total. The molecule has 7 heteroatoms. The summed E-state index contributed by atoms with van der Waals surface area (Å²) in [6.45, 7) is 4.03. The summed E-state index contributed by atoms with van der Waals surface area (Å²) in [7, 11) is -3.79. The fourth-order valence-electron chi connectivity index (χ4n) is 2.74. The van der Waals surface area contributed by atoms with Crippen molar-refractivity contribution >= 4 is 27.7 Å². The molecule has 0 spiro atoms. The normalized spacial score (nSPS) is 12.6. The van der Waals surface area contributed by atoms with Gasteiger partial charge in [0.2, 0.25) is 15.9 Å². The zero-order chi connectivity index (χ0) is 19.9. The molecule has 2 aromatic carbocycles. The molecule has 0 aromatic heterocycles. The first kappa shape index (κ1) is 21.5. The molecular weight excluding hydrogens is 380 g/mol. The molecule has 2 N–H and O–H groups in total. The van der Waals surface area contributed by atoms with Crippen molar-refractivity contribution < 1.29 is 13.2 Å². The summed E-state index contributed by atoms with van der Waals surface area (Å²) in [6, 6.07) is 13.9. The molecule has 0 unspecified atom stereocenters. The van der Waals surface area contributed by atoms with Gasteiger partial charge in [0.05, 0.1) is 4.90 Å². The van der Waals surface area contributed by atoms with E-state index in [0.29, 0.717) is 24.3 Å². The van der Waals surface area contributed by atoms with Crippen molar-refractivity contribution in [2.24, 2.45) is 0 Å². The predicted molar refractivity (Wildman–Crippen MR) is 111 cm³/mol. The molecule has 1 amide bonds. The zero-order valence-corrected chi connectivity index (χ0v) is 17.5. The largest absolute Gasteiger partial charge is 0.351 e. The minimum absolute atomic E-state index is 0.207. The lowest BCUT2D eigenvalue weighted by Crippen LogP contribution is -2.46. The summed E-state index contributed by atoms with van der Waals surface area (Å²) >= 11 is 1.57. The van der Waals surface area contributed by atoms with Gasteiger partial charge in [-0.3, -0.25) is 4.79 Å². The van der Waals surface area contributed by atoms with E-state index in [0.717, 1.165) is 11.1 Å². The standard InChI is InChI=1S/C20H26N2O3S2/c1-15-9-10-19(16(2)13-15)27(24,25)22-18(11-12-26-3)20(23)21-14-17-7-5-4-6-8-17/h4-10,13,18,22H,11-12,14H2,1-3H3,(H,21,23)/t18-/m1/s1. The Kier molecular flexibility index (Phi) is 7.89. The van der Waals surface area contributed by atoms with Crippen LogP contribution in [0.3, 0.4) is 0 Å². The average molecular weight is 407 g/mol. The van der Waals surface area contributed by atoms with Gasteiger partial charge in [0.15, 0.2) is 0 Å². The summed E-state index contributed by atoms with van der Waals surface area (Å²) in [5.41, 5.74) is 2.62. The van der Waals surface area contributed by atoms with Crippen LogP contribution < -0.4 is 10.0 Å². The molecule has 0 heterocycles. The molecule has 0 aliphatic heterocycles. The first-order valence-corrected chi connectivity index (χ1v) is 11.6. The van der Waals surface area contributed by atoms with Gasteiger partial charge in [-0.05, 0) is 49.5 Å². The molecule has 1 atom stereocenters. The van der Waals surface area contributed by atoms with Crippen LogP contribution in [0.15, 0.2) is 53.4 Å². The van der Waals surface area contributed by atoms with Crippen LogP contribution in [0.2, 0.25) is 0 Å². The maximum Gasteiger partial charge on any atom is 0.241 e. The molecule has 0 saturated carbocycles. The van der Waals surface area contributed by atoms with Gasteiger partial charge >= 0.3 is 0 Å². The van der Waals surface area contributed by atoms with Crippen LogP contribution in [-0.4, -0.2) is 32.4 Å². The molecule has 146 valence electrons. The third-order valence-corrected chi connectivity index (χ3v) is 6.43. The molecular formula is C20H26N2O3S2. The summed E-state index contributed by atoms with van der Waals surface area (Å²) in [5.74, 6) is 0.361. The molecule has 0 bridgehead atoms. The number of aryl methyl sites for hydroxylation is 2. The number of thioether (sulfide) groups is 1. The Morgan fingerprint density at radius 2 is 1.81 bits per heavy atom. The number of rotatable bonds is 9. The van der Waals surface area contributed by atoms with Gasteiger partial charge in [-0.25, -0.2) is 8.42 Å². The molecule has 2 rings (SSSR count). The van der Waals surface area contributed by atoms with Crippen molar-refractivity contribution in [2.45, 2.75) is 37.8 Å². The second-order valence-electron chi connectivity index (χ2n) is 6.43. The Morgan fingerprint density at radius 3 is 2.44 bits per heavy atom.